The van der Waals surface area contributed by atoms with Gasteiger partial charge >= 0.3 is 5.97 Å². The average Bonchev–Trinajstić information content (AvgIpc) is 2.71. The highest BCUT2D eigenvalue weighted by atomic mass is 127. The van der Waals surface area contributed by atoms with Crippen molar-refractivity contribution in [1.82, 2.24) is 5.32 Å². The van der Waals surface area contributed by atoms with E-state index in [-0.39, 0.29) is 5.97 Å². The number of carbonyl (C=O) groups is 1. The van der Waals surface area contributed by atoms with E-state index in [1.54, 1.807) is 0 Å². The smallest absolute Gasteiger partial charge is 0.307 e. The first-order chi connectivity index (χ1) is 14.8. The second-order valence-electron chi connectivity index (χ2n) is 9.65. The molecule has 0 aliphatic heterocycles. The third-order valence-corrected chi connectivity index (χ3v) is 7.18. The van der Waals surface area contributed by atoms with E-state index >= 15 is 0 Å². The van der Waals surface area contributed by atoms with Crippen LogP contribution in [0, 0.1) is 14.9 Å². The molecule has 2 aromatic carbocycles. The highest BCUT2D eigenvalue weighted by Crippen LogP contribution is 2.39. The number of fused-ring (bicyclic) bond motifs is 1. The Bertz CT molecular complexity index is 882. The van der Waals surface area contributed by atoms with Gasteiger partial charge in [0.25, 0.3) is 0 Å². The molecule has 0 aromatic heterocycles. The maximum absolute atomic E-state index is 11.4. The minimum absolute atomic E-state index is 0.150. The van der Waals surface area contributed by atoms with Gasteiger partial charge in [0, 0.05) is 16.7 Å². The van der Waals surface area contributed by atoms with Crippen molar-refractivity contribution in [2.45, 2.75) is 72.4 Å². The second kappa shape index (κ2) is 11.0. The maximum atomic E-state index is 11.4. The molecule has 0 atom stereocenters. The molecular weight excluding hydrogens is 501 g/mol. The van der Waals surface area contributed by atoms with Crippen LogP contribution < -0.4 is 10.1 Å². The van der Waals surface area contributed by atoms with Gasteiger partial charge in [0.1, 0.15) is 5.75 Å². The third kappa shape index (κ3) is 7.07. The van der Waals surface area contributed by atoms with Gasteiger partial charge in [0.05, 0.1) is 19.1 Å². The first-order valence-corrected chi connectivity index (χ1v) is 12.6. The zero-order valence-corrected chi connectivity index (χ0v) is 21.5. The van der Waals surface area contributed by atoms with Crippen LogP contribution in [0.5, 0.6) is 5.75 Å². The zero-order chi connectivity index (χ0) is 22.4. The van der Waals surface area contributed by atoms with E-state index in [2.05, 4.69) is 79.0 Å². The number of nitrogens with one attached hydrogen (secondary N) is 1. The standard InChI is InChI=1S/C26H36INO3/c1-5-30-25(29)12-13-28-17-18-6-7-19-15-22(16-24(27)23(19)14-18)31-21-10-8-20(9-11-21)26(2,3)4/h6-7,14-16,20-21,28H,5,8-13,17H2,1-4H3. The van der Waals surface area contributed by atoms with E-state index in [1.807, 2.05) is 6.92 Å². The Morgan fingerprint density at radius 1 is 1.13 bits per heavy atom. The summed E-state index contributed by atoms with van der Waals surface area (Å²) in [5.74, 6) is 1.63. The number of benzene rings is 2. The van der Waals surface area contributed by atoms with E-state index in [9.17, 15) is 4.79 Å². The molecule has 3 rings (SSSR count). The molecule has 1 fully saturated rings. The lowest BCUT2D eigenvalue weighted by molar-refractivity contribution is -0.142. The summed E-state index contributed by atoms with van der Waals surface area (Å²) in [4.78, 5) is 11.4. The molecule has 31 heavy (non-hydrogen) atoms. The van der Waals surface area contributed by atoms with Crippen LogP contribution in [-0.4, -0.2) is 25.2 Å². The van der Waals surface area contributed by atoms with Crippen LogP contribution in [0.2, 0.25) is 0 Å². The minimum atomic E-state index is -0.150. The Kier molecular flexibility index (Phi) is 8.62. The molecule has 0 heterocycles. The Morgan fingerprint density at radius 3 is 2.55 bits per heavy atom. The monoisotopic (exact) mass is 537 g/mol. The van der Waals surface area contributed by atoms with E-state index in [1.165, 1.54) is 32.7 Å². The van der Waals surface area contributed by atoms with Crippen molar-refractivity contribution in [2.75, 3.05) is 13.2 Å². The fourth-order valence-electron chi connectivity index (χ4n) is 4.41. The predicted molar refractivity (Wildman–Crippen MR) is 135 cm³/mol. The summed E-state index contributed by atoms with van der Waals surface area (Å²) >= 11 is 2.41. The Hall–Kier alpha value is -1.34. The van der Waals surface area contributed by atoms with Crippen molar-refractivity contribution in [1.29, 1.82) is 0 Å². The van der Waals surface area contributed by atoms with E-state index in [0.29, 0.717) is 31.1 Å². The molecule has 0 amide bonds. The van der Waals surface area contributed by atoms with Crippen LogP contribution in [0.4, 0.5) is 0 Å². The van der Waals surface area contributed by atoms with Crippen molar-refractivity contribution < 1.29 is 14.3 Å². The van der Waals surface area contributed by atoms with E-state index in [0.717, 1.165) is 31.1 Å². The fraction of sp³-hybridized carbons (Fsp3) is 0.577. The Morgan fingerprint density at radius 2 is 1.87 bits per heavy atom. The summed E-state index contributed by atoms with van der Waals surface area (Å²) in [7, 11) is 0. The Balaban J connectivity index is 1.57. The molecular formula is C26H36INO3. The van der Waals surface area contributed by atoms with E-state index in [4.69, 9.17) is 9.47 Å². The van der Waals surface area contributed by atoms with Crippen molar-refractivity contribution >= 4 is 39.3 Å². The molecule has 0 unspecified atom stereocenters. The highest BCUT2D eigenvalue weighted by molar-refractivity contribution is 14.1. The third-order valence-electron chi connectivity index (χ3n) is 6.28. The van der Waals surface area contributed by atoms with Crippen LogP contribution in [0.15, 0.2) is 30.3 Å². The summed E-state index contributed by atoms with van der Waals surface area (Å²) < 4.78 is 12.6. The first-order valence-electron chi connectivity index (χ1n) is 11.5. The molecule has 170 valence electrons. The lowest BCUT2D eigenvalue weighted by Gasteiger charge is -2.37. The van der Waals surface area contributed by atoms with Crippen LogP contribution in [0.3, 0.4) is 0 Å². The molecule has 4 nitrogen and oxygen atoms in total. The van der Waals surface area contributed by atoms with Crippen molar-refractivity contribution in [3.8, 4) is 5.75 Å². The molecule has 2 aromatic rings. The fourth-order valence-corrected chi connectivity index (χ4v) is 5.18. The maximum Gasteiger partial charge on any atom is 0.307 e. The number of esters is 1. The highest BCUT2D eigenvalue weighted by Gasteiger charge is 2.30. The van der Waals surface area contributed by atoms with Gasteiger partial charge in [0.2, 0.25) is 0 Å². The number of carbonyl (C=O) groups excluding carboxylic acids is 1. The normalized spacial score (nSPS) is 19.4. The van der Waals surface area contributed by atoms with Gasteiger partial charge in [-0.25, -0.2) is 0 Å². The quantitative estimate of drug-likeness (QED) is 0.238. The Labute approximate surface area is 200 Å². The first kappa shape index (κ1) is 24.3. The largest absolute Gasteiger partial charge is 0.490 e. The topological polar surface area (TPSA) is 47.6 Å². The molecule has 0 bridgehead atoms. The van der Waals surface area contributed by atoms with Gasteiger partial charge in [-0.05, 0) is 101 Å². The van der Waals surface area contributed by atoms with Crippen LogP contribution in [0.25, 0.3) is 10.8 Å². The number of ether oxygens (including phenoxy) is 2. The van der Waals surface area contributed by atoms with Gasteiger partial charge < -0.3 is 14.8 Å². The van der Waals surface area contributed by atoms with E-state index < -0.39 is 0 Å². The molecule has 1 aliphatic rings. The van der Waals surface area contributed by atoms with Gasteiger partial charge in [-0.3, -0.25) is 4.79 Å². The lowest BCUT2D eigenvalue weighted by atomic mass is 9.72. The SMILES string of the molecule is CCOC(=O)CCNCc1ccc2cc(OC3CCC(C(C)(C)C)CC3)cc(I)c2c1. The van der Waals surface area contributed by atoms with Crippen molar-refractivity contribution in [3.63, 3.8) is 0 Å². The number of hydrogen-bond acceptors (Lipinski definition) is 4. The molecule has 0 radical (unpaired) electrons. The minimum Gasteiger partial charge on any atom is -0.490 e. The number of rotatable bonds is 8. The molecule has 0 saturated heterocycles. The summed E-state index contributed by atoms with van der Waals surface area (Å²) in [5, 5.41) is 5.78. The van der Waals surface area contributed by atoms with Gasteiger partial charge in [-0.15, -0.1) is 0 Å². The lowest BCUT2D eigenvalue weighted by Crippen LogP contribution is -2.30. The number of halogens is 1. The van der Waals surface area contributed by atoms with Crippen LogP contribution >= 0.6 is 22.6 Å². The van der Waals surface area contributed by atoms with Gasteiger partial charge in [-0.2, -0.15) is 0 Å². The average molecular weight is 537 g/mol. The molecule has 1 saturated carbocycles. The predicted octanol–water partition coefficient (Wildman–Crippen LogP) is 6.47. The molecule has 1 aliphatic carbocycles. The van der Waals surface area contributed by atoms with Crippen LogP contribution in [-0.2, 0) is 16.1 Å². The summed E-state index contributed by atoms with van der Waals surface area (Å²) in [6.45, 7) is 10.7. The summed E-state index contributed by atoms with van der Waals surface area (Å²) in [6, 6.07) is 10.9. The second-order valence-corrected chi connectivity index (χ2v) is 10.8. The molecule has 1 N–H and O–H groups in total. The van der Waals surface area contributed by atoms with Crippen molar-refractivity contribution in [2.24, 2.45) is 11.3 Å². The zero-order valence-electron chi connectivity index (χ0n) is 19.3. The summed E-state index contributed by atoms with van der Waals surface area (Å²) in [6.07, 6.45) is 5.53. The summed E-state index contributed by atoms with van der Waals surface area (Å²) in [5.41, 5.74) is 1.61. The number of hydrogen-bond donors (Lipinski definition) is 1. The van der Waals surface area contributed by atoms with Gasteiger partial charge in [0.15, 0.2) is 0 Å². The molecule has 5 heteroatoms. The van der Waals surface area contributed by atoms with Gasteiger partial charge in [-0.1, -0.05) is 32.9 Å². The van der Waals surface area contributed by atoms with Crippen LogP contribution in [0.1, 0.15) is 65.4 Å². The van der Waals surface area contributed by atoms with Crippen molar-refractivity contribution in [3.05, 3.63) is 39.5 Å². The molecule has 0 spiro atoms.